The number of carboxylic acids is 1. The van der Waals surface area contributed by atoms with Gasteiger partial charge in [0.1, 0.15) is 11.5 Å². The highest BCUT2D eigenvalue weighted by molar-refractivity contribution is 5.92. The standard InChI is InChI=1S/C24H29N3O5/c1-3-31-19-11-16(12-20(14-19)32-4-2)15-26-9-7-18(8-10-26)27-22-6-5-17(23(28)29)13-21(22)25-24(27)30/h5-6,11-14,18H,3-4,7-10,15H2,1-2H3,(H,25,30)(H,28,29). The van der Waals surface area contributed by atoms with Crippen molar-refractivity contribution in [1.82, 2.24) is 14.5 Å². The van der Waals surface area contributed by atoms with Crippen LogP contribution >= 0.6 is 0 Å². The number of carboxylic acid groups (broad SMARTS) is 1. The van der Waals surface area contributed by atoms with Gasteiger partial charge in [0.25, 0.3) is 0 Å². The molecule has 170 valence electrons. The number of ether oxygens (including phenoxy) is 2. The van der Waals surface area contributed by atoms with Crippen LogP contribution in [0.1, 0.15) is 48.7 Å². The molecule has 8 nitrogen and oxygen atoms in total. The van der Waals surface area contributed by atoms with Crippen molar-refractivity contribution in [3.63, 3.8) is 0 Å². The zero-order valence-corrected chi connectivity index (χ0v) is 18.5. The molecule has 0 bridgehead atoms. The maximum atomic E-state index is 12.6. The summed E-state index contributed by atoms with van der Waals surface area (Å²) in [6, 6.07) is 10.9. The summed E-state index contributed by atoms with van der Waals surface area (Å²) in [5, 5.41) is 9.19. The van der Waals surface area contributed by atoms with Gasteiger partial charge in [-0.15, -0.1) is 0 Å². The first kappa shape index (κ1) is 22.0. The molecule has 0 saturated carbocycles. The first-order chi connectivity index (χ1) is 15.5. The molecule has 3 aromatic rings. The molecule has 4 rings (SSSR count). The SMILES string of the molecule is CCOc1cc(CN2CCC(n3c(=O)[nH]c4cc(C(=O)O)ccc43)CC2)cc(OCC)c1. The first-order valence-corrected chi connectivity index (χ1v) is 11.1. The maximum Gasteiger partial charge on any atom is 0.335 e. The molecule has 0 radical (unpaired) electrons. The van der Waals surface area contributed by atoms with E-state index in [0.717, 1.165) is 55.1 Å². The Morgan fingerprint density at radius 1 is 1.06 bits per heavy atom. The van der Waals surface area contributed by atoms with Crippen LogP contribution in [0.3, 0.4) is 0 Å². The minimum Gasteiger partial charge on any atom is -0.494 e. The Morgan fingerprint density at radius 2 is 1.72 bits per heavy atom. The number of likely N-dealkylation sites (tertiary alicyclic amines) is 1. The molecule has 0 atom stereocenters. The molecule has 1 aromatic heterocycles. The van der Waals surface area contributed by atoms with E-state index < -0.39 is 5.97 Å². The van der Waals surface area contributed by atoms with Crippen LogP contribution in [-0.2, 0) is 6.54 Å². The lowest BCUT2D eigenvalue weighted by molar-refractivity contribution is 0.0697. The lowest BCUT2D eigenvalue weighted by Gasteiger charge is -2.32. The van der Waals surface area contributed by atoms with Crippen LogP contribution in [0.4, 0.5) is 0 Å². The van der Waals surface area contributed by atoms with Gasteiger partial charge in [-0.2, -0.15) is 0 Å². The van der Waals surface area contributed by atoms with Crippen LogP contribution in [0.15, 0.2) is 41.2 Å². The van der Waals surface area contributed by atoms with Gasteiger partial charge < -0.3 is 19.6 Å². The van der Waals surface area contributed by atoms with E-state index in [0.29, 0.717) is 18.7 Å². The fraction of sp³-hybridized carbons (Fsp3) is 0.417. The molecular weight excluding hydrogens is 410 g/mol. The number of carbonyl (C=O) groups is 1. The summed E-state index contributed by atoms with van der Waals surface area (Å²) in [6.45, 7) is 7.65. The molecule has 0 unspecified atom stereocenters. The number of piperidine rings is 1. The van der Waals surface area contributed by atoms with Crippen molar-refractivity contribution in [2.45, 2.75) is 39.3 Å². The fourth-order valence-electron chi connectivity index (χ4n) is 4.44. The van der Waals surface area contributed by atoms with E-state index in [1.807, 2.05) is 19.9 Å². The highest BCUT2D eigenvalue weighted by Crippen LogP contribution is 2.28. The third-order valence-corrected chi connectivity index (χ3v) is 5.85. The molecular formula is C24H29N3O5. The van der Waals surface area contributed by atoms with Crippen molar-refractivity contribution < 1.29 is 19.4 Å². The van der Waals surface area contributed by atoms with Gasteiger partial charge in [-0.1, -0.05) is 0 Å². The predicted molar refractivity (Wildman–Crippen MR) is 122 cm³/mol. The summed E-state index contributed by atoms with van der Waals surface area (Å²) in [4.78, 5) is 29.0. The molecule has 0 aliphatic carbocycles. The Hall–Kier alpha value is -3.26. The number of nitrogens with one attached hydrogen (secondary N) is 1. The number of hydrogen-bond donors (Lipinski definition) is 2. The summed E-state index contributed by atoms with van der Waals surface area (Å²) in [5.74, 6) is 0.624. The van der Waals surface area contributed by atoms with Crippen LogP contribution in [0, 0.1) is 0 Å². The number of fused-ring (bicyclic) bond motifs is 1. The van der Waals surface area contributed by atoms with Gasteiger partial charge in [-0.25, -0.2) is 9.59 Å². The number of aromatic nitrogens is 2. The van der Waals surface area contributed by atoms with Crippen molar-refractivity contribution >= 4 is 17.0 Å². The molecule has 1 saturated heterocycles. The third kappa shape index (κ3) is 4.65. The molecule has 32 heavy (non-hydrogen) atoms. The van der Waals surface area contributed by atoms with Crippen LogP contribution in [0.5, 0.6) is 11.5 Å². The quantitative estimate of drug-likeness (QED) is 0.556. The number of H-pyrrole nitrogens is 1. The van der Waals surface area contributed by atoms with Crippen LogP contribution in [0.2, 0.25) is 0 Å². The van der Waals surface area contributed by atoms with Crippen molar-refractivity contribution in [1.29, 1.82) is 0 Å². The Bertz CT molecular complexity index is 1130. The highest BCUT2D eigenvalue weighted by Gasteiger charge is 2.24. The average Bonchev–Trinajstić information content (AvgIpc) is 3.09. The van der Waals surface area contributed by atoms with Crippen molar-refractivity contribution in [3.05, 3.63) is 58.0 Å². The predicted octanol–water partition coefficient (Wildman–Crippen LogP) is 3.66. The Balaban J connectivity index is 1.46. The summed E-state index contributed by atoms with van der Waals surface area (Å²) in [6.07, 6.45) is 1.69. The molecule has 0 spiro atoms. The second kappa shape index (κ2) is 9.48. The lowest BCUT2D eigenvalue weighted by Crippen LogP contribution is -2.36. The molecule has 0 amide bonds. The van der Waals surface area contributed by atoms with Gasteiger partial charge in [0.15, 0.2) is 0 Å². The van der Waals surface area contributed by atoms with E-state index >= 15 is 0 Å². The van der Waals surface area contributed by atoms with Gasteiger partial charge in [0, 0.05) is 31.7 Å². The van der Waals surface area contributed by atoms with E-state index in [2.05, 4.69) is 22.0 Å². The Labute approximate surface area is 186 Å². The topological polar surface area (TPSA) is 96.8 Å². The highest BCUT2D eigenvalue weighted by atomic mass is 16.5. The summed E-state index contributed by atoms with van der Waals surface area (Å²) >= 11 is 0. The zero-order chi connectivity index (χ0) is 22.7. The molecule has 1 aliphatic rings. The zero-order valence-electron chi connectivity index (χ0n) is 18.5. The van der Waals surface area contributed by atoms with E-state index in [9.17, 15) is 14.7 Å². The molecule has 2 N–H and O–H groups in total. The molecule has 2 aromatic carbocycles. The number of aromatic amines is 1. The van der Waals surface area contributed by atoms with Gasteiger partial charge >= 0.3 is 11.7 Å². The molecule has 1 fully saturated rings. The third-order valence-electron chi connectivity index (χ3n) is 5.85. The summed E-state index contributed by atoms with van der Waals surface area (Å²) in [7, 11) is 0. The van der Waals surface area contributed by atoms with E-state index in [-0.39, 0.29) is 17.3 Å². The number of nitrogens with zero attached hydrogens (tertiary/aromatic N) is 2. The Morgan fingerprint density at radius 3 is 2.31 bits per heavy atom. The fourth-order valence-corrected chi connectivity index (χ4v) is 4.44. The number of benzene rings is 2. The van der Waals surface area contributed by atoms with E-state index in [4.69, 9.17) is 9.47 Å². The second-order valence-electron chi connectivity index (χ2n) is 8.02. The average molecular weight is 440 g/mol. The van der Waals surface area contributed by atoms with Crippen molar-refractivity contribution in [2.24, 2.45) is 0 Å². The molecule has 2 heterocycles. The number of rotatable bonds is 8. The van der Waals surface area contributed by atoms with Crippen molar-refractivity contribution in [3.8, 4) is 11.5 Å². The minimum atomic E-state index is -1.00. The van der Waals surface area contributed by atoms with Crippen LogP contribution < -0.4 is 15.2 Å². The van der Waals surface area contributed by atoms with Crippen LogP contribution in [-0.4, -0.2) is 51.8 Å². The van der Waals surface area contributed by atoms with E-state index in [1.165, 1.54) is 6.07 Å². The molecule has 8 heteroatoms. The summed E-state index contributed by atoms with van der Waals surface area (Å²) in [5.41, 5.74) is 2.44. The first-order valence-electron chi connectivity index (χ1n) is 11.1. The van der Waals surface area contributed by atoms with E-state index in [1.54, 1.807) is 16.7 Å². The summed E-state index contributed by atoms with van der Waals surface area (Å²) < 4.78 is 13.2. The number of aromatic carboxylic acids is 1. The van der Waals surface area contributed by atoms with Gasteiger partial charge in [-0.05, 0) is 62.6 Å². The monoisotopic (exact) mass is 439 g/mol. The largest absolute Gasteiger partial charge is 0.494 e. The maximum absolute atomic E-state index is 12.6. The van der Waals surface area contributed by atoms with Crippen molar-refractivity contribution in [2.75, 3.05) is 26.3 Å². The van der Waals surface area contributed by atoms with Gasteiger partial charge in [0.05, 0.1) is 29.8 Å². The second-order valence-corrected chi connectivity index (χ2v) is 8.02. The van der Waals surface area contributed by atoms with Crippen LogP contribution in [0.25, 0.3) is 11.0 Å². The normalized spacial score (nSPS) is 15.2. The Kier molecular flexibility index (Phi) is 6.50. The van der Waals surface area contributed by atoms with Gasteiger partial charge in [0.2, 0.25) is 0 Å². The van der Waals surface area contributed by atoms with Gasteiger partial charge in [-0.3, -0.25) is 9.47 Å². The smallest absolute Gasteiger partial charge is 0.335 e. The number of hydrogen-bond acceptors (Lipinski definition) is 5. The minimum absolute atomic E-state index is 0.0805. The lowest BCUT2D eigenvalue weighted by atomic mass is 10.0. The number of imidazole rings is 1. The molecule has 1 aliphatic heterocycles.